The fourth-order valence-electron chi connectivity index (χ4n) is 3.16. The van der Waals surface area contributed by atoms with E-state index in [2.05, 4.69) is 22.2 Å². The average molecular weight is 366 g/mol. The Labute approximate surface area is 157 Å². The molecule has 0 saturated heterocycles. The minimum atomic E-state index is -0.525. The Hall–Kier alpha value is -3.02. The van der Waals surface area contributed by atoms with Gasteiger partial charge in [0.15, 0.2) is 0 Å². The number of fused-ring (bicyclic) bond motifs is 1. The Morgan fingerprint density at radius 3 is 2.63 bits per heavy atom. The summed E-state index contributed by atoms with van der Waals surface area (Å²) < 4.78 is 13.7. The van der Waals surface area contributed by atoms with Crippen molar-refractivity contribution in [3.05, 3.63) is 65.2 Å². The van der Waals surface area contributed by atoms with Crippen molar-refractivity contribution in [2.24, 2.45) is 5.73 Å². The van der Waals surface area contributed by atoms with E-state index >= 15 is 0 Å². The Bertz CT molecular complexity index is 974. The number of para-hydroxylation sites is 1. The summed E-state index contributed by atoms with van der Waals surface area (Å²) in [6.45, 7) is 4.03. The fraction of sp³-hybridized carbons (Fsp3) is 0.286. The standard InChI is InChI=1S/C21H23FN4O/c1-3-7-17(13-8-5-9-14(22)12-13)24-21-16-11-6-10-15(20(23)27)19(16)25-18(4-2)26-21/h5-6,8-12,17H,3-4,7H2,1-2H3,(H2,23,27)(H,24,25,26)/t17-/m1/s1. The van der Waals surface area contributed by atoms with Crippen molar-refractivity contribution in [2.45, 2.75) is 39.2 Å². The van der Waals surface area contributed by atoms with Crippen molar-refractivity contribution < 1.29 is 9.18 Å². The maximum Gasteiger partial charge on any atom is 0.250 e. The third kappa shape index (κ3) is 4.05. The van der Waals surface area contributed by atoms with Gasteiger partial charge in [-0.1, -0.05) is 38.5 Å². The Morgan fingerprint density at radius 1 is 1.19 bits per heavy atom. The lowest BCUT2D eigenvalue weighted by Crippen LogP contribution is -2.15. The molecule has 0 bridgehead atoms. The van der Waals surface area contributed by atoms with Gasteiger partial charge in [-0.25, -0.2) is 14.4 Å². The first kappa shape index (κ1) is 18.8. The minimum absolute atomic E-state index is 0.106. The summed E-state index contributed by atoms with van der Waals surface area (Å²) in [5.74, 6) is 0.451. The molecule has 3 aromatic rings. The first-order chi connectivity index (χ1) is 13.0. The molecular weight excluding hydrogens is 343 g/mol. The third-order valence-corrected chi connectivity index (χ3v) is 4.49. The molecule has 0 fully saturated rings. The lowest BCUT2D eigenvalue weighted by atomic mass is 10.0. The summed E-state index contributed by atoms with van der Waals surface area (Å²) in [5, 5.41) is 4.16. The first-order valence-corrected chi connectivity index (χ1v) is 9.14. The van der Waals surface area contributed by atoms with Crippen LogP contribution in [0.3, 0.4) is 0 Å². The topological polar surface area (TPSA) is 80.9 Å². The zero-order valence-electron chi connectivity index (χ0n) is 15.5. The van der Waals surface area contributed by atoms with Crippen LogP contribution in [0.15, 0.2) is 42.5 Å². The molecule has 3 rings (SSSR count). The lowest BCUT2D eigenvalue weighted by molar-refractivity contribution is 0.100. The second kappa shape index (κ2) is 8.12. The number of hydrogen-bond donors (Lipinski definition) is 2. The van der Waals surface area contributed by atoms with Gasteiger partial charge < -0.3 is 11.1 Å². The maximum absolute atomic E-state index is 13.7. The van der Waals surface area contributed by atoms with E-state index in [0.29, 0.717) is 29.1 Å². The third-order valence-electron chi connectivity index (χ3n) is 4.49. The number of rotatable bonds is 7. The van der Waals surface area contributed by atoms with Gasteiger partial charge >= 0.3 is 0 Å². The van der Waals surface area contributed by atoms with Crippen LogP contribution in [0, 0.1) is 5.82 Å². The Morgan fingerprint density at radius 2 is 1.96 bits per heavy atom. The molecule has 0 aliphatic heterocycles. The molecule has 27 heavy (non-hydrogen) atoms. The van der Waals surface area contributed by atoms with Crippen LogP contribution in [0.25, 0.3) is 10.9 Å². The molecule has 1 heterocycles. The van der Waals surface area contributed by atoms with Crippen molar-refractivity contribution in [2.75, 3.05) is 5.32 Å². The largest absolute Gasteiger partial charge is 0.366 e. The number of hydrogen-bond acceptors (Lipinski definition) is 4. The molecule has 3 N–H and O–H groups in total. The van der Waals surface area contributed by atoms with E-state index in [9.17, 15) is 9.18 Å². The van der Waals surface area contributed by atoms with Gasteiger partial charge in [0.1, 0.15) is 17.5 Å². The highest BCUT2D eigenvalue weighted by Gasteiger charge is 2.17. The second-order valence-electron chi connectivity index (χ2n) is 6.45. The van der Waals surface area contributed by atoms with Crippen LogP contribution < -0.4 is 11.1 Å². The highest BCUT2D eigenvalue weighted by Crippen LogP contribution is 2.29. The van der Waals surface area contributed by atoms with E-state index < -0.39 is 5.91 Å². The van der Waals surface area contributed by atoms with Crippen molar-refractivity contribution in [1.82, 2.24) is 9.97 Å². The number of benzene rings is 2. The number of aromatic nitrogens is 2. The molecule has 6 heteroatoms. The molecule has 0 aliphatic carbocycles. The normalized spacial score (nSPS) is 12.1. The molecule has 5 nitrogen and oxygen atoms in total. The number of carbonyl (C=O) groups is 1. The number of nitrogens with zero attached hydrogens (tertiary/aromatic N) is 2. The number of aryl methyl sites for hydroxylation is 1. The SMILES string of the molecule is CCC[C@@H](Nc1nc(CC)nc2c(C(N)=O)cccc12)c1cccc(F)c1. The number of nitrogens with one attached hydrogen (secondary N) is 1. The fourth-order valence-corrected chi connectivity index (χ4v) is 3.16. The van der Waals surface area contributed by atoms with Crippen LogP contribution in [0.5, 0.6) is 0 Å². The predicted octanol–water partition coefficient (Wildman–Crippen LogP) is 4.38. The highest BCUT2D eigenvalue weighted by atomic mass is 19.1. The smallest absolute Gasteiger partial charge is 0.250 e. The van der Waals surface area contributed by atoms with Crippen LogP contribution in [0.2, 0.25) is 0 Å². The lowest BCUT2D eigenvalue weighted by Gasteiger charge is -2.21. The number of primary amides is 1. The average Bonchev–Trinajstić information content (AvgIpc) is 2.66. The van der Waals surface area contributed by atoms with Gasteiger partial charge in [0, 0.05) is 11.8 Å². The predicted molar refractivity (Wildman–Crippen MR) is 105 cm³/mol. The molecule has 0 spiro atoms. The van der Waals surface area contributed by atoms with Gasteiger partial charge in [-0.3, -0.25) is 4.79 Å². The van der Waals surface area contributed by atoms with Crippen LogP contribution >= 0.6 is 0 Å². The molecule has 0 radical (unpaired) electrons. The molecule has 1 amide bonds. The second-order valence-corrected chi connectivity index (χ2v) is 6.45. The number of halogens is 1. The molecule has 0 saturated carbocycles. The summed E-state index contributed by atoms with van der Waals surface area (Å²) >= 11 is 0. The van der Waals surface area contributed by atoms with E-state index in [1.54, 1.807) is 18.2 Å². The molecule has 1 aromatic heterocycles. The van der Waals surface area contributed by atoms with E-state index in [4.69, 9.17) is 5.73 Å². The van der Waals surface area contributed by atoms with E-state index in [-0.39, 0.29) is 11.9 Å². The van der Waals surface area contributed by atoms with Crippen LogP contribution in [0.1, 0.15) is 54.5 Å². The van der Waals surface area contributed by atoms with Crippen LogP contribution in [0.4, 0.5) is 10.2 Å². The van der Waals surface area contributed by atoms with Crippen LogP contribution in [-0.4, -0.2) is 15.9 Å². The molecule has 0 aliphatic rings. The van der Waals surface area contributed by atoms with Crippen LogP contribution in [-0.2, 0) is 6.42 Å². The minimum Gasteiger partial charge on any atom is -0.366 e. The van der Waals surface area contributed by atoms with E-state index in [0.717, 1.165) is 23.8 Å². The summed E-state index contributed by atoms with van der Waals surface area (Å²) in [6, 6.07) is 11.7. The van der Waals surface area contributed by atoms with Gasteiger partial charge in [0.25, 0.3) is 5.91 Å². The number of amides is 1. The van der Waals surface area contributed by atoms with E-state index in [1.807, 2.05) is 19.1 Å². The molecule has 0 unspecified atom stereocenters. The first-order valence-electron chi connectivity index (χ1n) is 9.14. The van der Waals surface area contributed by atoms with Crippen molar-refractivity contribution >= 4 is 22.6 Å². The van der Waals surface area contributed by atoms with E-state index in [1.165, 1.54) is 12.1 Å². The number of anilines is 1. The van der Waals surface area contributed by atoms with Gasteiger partial charge in [-0.15, -0.1) is 0 Å². The van der Waals surface area contributed by atoms with Gasteiger partial charge in [0.05, 0.1) is 17.1 Å². The van der Waals surface area contributed by atoms with Crippen molar-refractivity contribution in [3.63, 3.8) is 0 Å². The molecular formula is C21H23FN4O. The van der Waals surface area contributed by atoms with Crippen molar-refractivity contribution in [1.29, 1.82) is 0 Å². The van der Waals surface area contributed by atoms with Gasteiger partial charge in [0.2, 0.25) is 0 Å². The zero-order valence-corrected chi connectivity index (χ0v) is 15.5. The van der Waals surface area contributed by atoms with Gasteiger partial charge in [-0.05, 0) is 36.2 Å². The Balaban J connectivity index is 2.11. The van der Waals surface area contributed by atoms with Crippen molar-refractivity contribution in [3.8, 4) is 0 Å². The Kier molecular flexibility index (Phi) is 5.64. The zero-order chi connectivity index (χ0) is 19.4. The molecule has 1 atom stereocenters. The molecule has 2 aromatic carbocycles. The number of carbonyl (C=O) groups excluding carboxylic acids is 1. The monoisotopic (exact) mass is 366 g/mol. The number of nitrogens with two attached hydrogens (primary N) is 1. The summed E-state index contributed by atoms with van der Waals surface area (Å²) in [4.78, 5) is 20.9. The van der Waals surface area contributed by atoms with Gasteiger partial charge in [-0.2, -0.15) is 0 Å². The summed E-state index contributed by atoms with van der Waals surface area (Å²) in [5.41, 5.74) is 7.27. The summed E-state index contributed by atoms with van der Waals surface area (Å²) in [6.07, 6.45) is 2.35. The maximum atomic E-state index is 13.7. The highest BCUT2D eigenvalue weighted by molar-refractivity contribution is 6.07. The molecule has 140 valence electrons. The summed E-state index contributed by atoms with van der Waals surface area (Å²) in [7, 11) is 0. The quantitative estimate of drug-likeness (QED) is 0.650.